The summed E-state index contributed by atoms with van der Waals surface area (Å²) in [5, 5.41) is 2.76. The third kappa shape index (κ3) is 1.97. The second-order valence-electron chi connectivity index (χ2n) is 5.79. The number of hydrogen-bond donors (Lipinski definition) is 0. The van der Waals surface area contributed by atoms with E-state index in [1.165, 1.54) is 27.5 Å². The molecule has 0 nitrogen and oxygen atoms in total. The van der Waals surface area contributed by atoms with Gasteiger partial charge in [0.2, 0.25) is 0 Å². The minimum Gasteiger partial charge on any atom is -0.0587 e. The maximum absolute atomic E-state index is 2.32. The van der Waals surface area contributed by atoms with Crippen LogP contribution in [0.2, 0.25) is 0 Å². The molecule has 0 aliphatic carbocycles. The van der Waals surface area contributed by atoms with Crippen molar-refractivity contribution >= 4 is 10.8 Å². The van der Waals surface area contributed by atoms with Crippen molar-refractivity contribution in [3.8, 4) is 0 Å². The van der Waals surface area contributed by atoms with Gasteiger partial charge in [-0.05, 0) is 35.6 Å². The lowest BCUT2D eigenvalue weighted by Crippen LogP contribution is -2.12. The molecule has 0 radical (unpaired) electrons. The lowest BCUT2D eigenvalue weighted by atomic mass is 9.82. The fraction of sp³-hybridized carbons (Fsp3) is 0.375. The van der Waals surface area contributed by atoms with Crippen molar-refractivity contribution in [3.63, 3.8) is 0 Å². The van der Waals surface area contributed by atoms with Gasteiger partial charge >= 0.3 is 0 Å². The number of fused-ring (bicyclic) bond motifs is 1. The van der Waals surface area contributed by atoms with Crippen LogP contribution in [0.25, 0.3) is 10.8 Å². The molecule has 0 atom stereocenters. The Morgan fingerprint density at radius 2 is 1.44 bits per heavy atom. The number of rotatable bonds is 0. The molecule has 0 bridgehead atoms. The van der Waals surface area contributed by atoms with E-state index in [-0.39, 0.29) is 5.41 Å². The Balaban J connectivity index is 2.83. The molecule has 0 spiro atoms. The molecule has 0 aliphatic rings. The van der Waals surface area contributed by atoms with Crippen LogP contribution in [0.1, 0.15) is 37.5 Å². The highest BCUT2D eigenvalue weighted by Crippen LogP contribution is 2.31. The van der Waals surface area contributed by atoms with Gasteiger partial charge in [0.05, 0.1) is 0 Å². The first kappa shape index (κ1) is 11.2. The molecule has 0 saturated heterocycles. The third-order valence-electron chi connectivity index (χ3n) is 3.06. The number of aryl methyl sites for hydroxylation is 2. The van der Waals surface area contributed by atoms with Crippen LogP contribution in [0.3, 0.4) is 0 Å². The summed E-state index contributed by atoms with van der Waals surface area (Å²) in [7, 11) is 0. The predicted octanol–water partition coefficient (Wildman–Crippen LogP) is 4.75. The quantitative estimate of drug-likeness (QED) is 0.591. The van der Waals surface area contributed by atoms with Crippen LogP contribution < -0.4 is 0 Å². The first-order chi connectivity index (χ1) is 7.38. The summed E-state index contributed by atoms with van der Waals surface area (Å²) < 4.78 is 0. The topological polar surface area (TPSA) is 0 Å². The van der Waals surface area contributed by atoms with Crippen LogP contribution in [0, 0.1) is 13.8 Å². The van der Waals surface area contributed by atoms with Crippen molar-refractivity contribution in [1.82, 2.24) is 0 Å². The molecule has 0 N–H and O–H groups in total. The molecule has 2 aromatic rings. The van der Waals surface area contributed by atoms with Crippen LogP contribution >= 0.6 is 0 Å². The van der Waals surface area contributed by atoms with E-state index >= 15 is 0 Å². The average Bonchev–Trinajstić information content (AvgIpc) is 2.14. The summed E-state index contributed by atoms with van der Waals surface area (Å²) in [5.74, 6) is 0. The molecule has 2 aromatic carbocycles. The zero-order chi connectivity index (χ0) is 11.9. The van der Waals surface area contributed by atoms with Crippen molar-refractivity contribution in [1.29, 1.82) is 0 Å². The Kier molecular flexibility index (Phi) is 2.53. The standard InChI is InChI=1S/C16H20/c1-11-6-7-14-13(8-11)9-12(2)10-15(14)16(3,4)5/h6-10H,1-5H3. The van der Waals surface area contributed by atoms with Gasteiger partial charge in [-0.25, -0.2) is 0 Å². The van der Waals surface area contributed by atoms with E-state index in [2.05, 4.69) is 65.0 Å². The van der Waals surface area contributed by atoms with Gasteiger partial charge in [-0.15, -0.1) is 0 Å². The monoisotopic (exact) mass is 212 g/mol. The van der Waals surface area contributed by atoms with Gasteiger partial charge in [-0.1, -0.05) is 62.2 Å². The van der Waals surface area contributed by atoms with Gasteiger partial charge in [-0.3, -0.25) is 0 Å². The van der Waals surface area contributed by atoms with Gasteiger partial charge in [0, 0.05) is 0 Å². The zero-order valence-electron chi connectivity index (χ0n) is 10.9. The van der Waals surface area contributed by atoms with Gasteiger partial charge < -0.3 is 0 Å². The van der Waals surface area contributed by atoms with Crippen molar-refractivity contribution < 1.29 is 0 Å². The maximum Gasteiger partial charge on any atom is -0.0126 e. The fourth-order valence-corrected chi connectivity index (χ4v) is 2.26. The third-order valence-corrected chi connectivity index (χ3v) is 3.06. The highest BCUT2D eigenvalue weighted by Gasteiger charge is 2.17. The van der Waals surface area contributed by atoms with Crippen LogP contribution in [0.15, 0.2) is 30.3 Å². The normalized spacial score (nSPS) is 12.1. The van der Waals surface area contributed by atoms with E-state index in [1.54, 1.807) is 0 Å². The van der Waals surface area contributed by atoms with Crippen LogP contribution in [0.4, 0.5) is 0 Å². The molecule has 0 aliphatic heterocycles. The Labute approximate surface area is 98.3 Å². The summed E-state index contributed by atoms with van der Waals surface area (Å²) in [4.78, 5) is 0. The lowest BCUT2D eigenvalue weighted by Gasteiger charge is -2.22. The lowest BCUT2D eigenvalue weighted by molar-refractivity contribution is 0.595. The molecule has 0 fully saturated rings. The molecule has 2 rings (SSSR count). The molecular formula is C16H20. The first-order valence-electron chi connectivity index (χ1n) is 5.89. The van der Waals surface area contributed by atoms with Gasteiger partial charge in [0.1, 0.15) is 0 Å². The Hall–Kier alpha value is -1.30. The Bertz CT molecular complexity index is 522. The molecule has 84 valence electrons. The minimum absolute atomic E-state index is 0.208. The summed E-state index contributed by atoms with van der Waals surface area (Å²) in [6.45, 7) is 11.2. The first-order valence-corrected chi connectivity index (χ1v) is 5.89. The summed E-state index contributed by atoms with van der Waals surface area (Å²) in [6, 6.07) is 11.3. The van der Waals surface area contributed by atoms with E-state index in [0.717, 1.165) is 0 Å². The number of hydrogen-bond acceptors (Lipinski definition) is 0. The maximum atomic E-state index is 2.32. The van der Waals surface area contributed by atoms with Crippen molar-refractivity contribution in [2.75, 3.05) is 0 Å². The van der Waals surface area contributed by atoms with Crippen LogP contribution in [0.5, 0.6) is 0 Å². The molecule has 0 amide bonds. The summed E-state index contributed by atoms with van der Waals surface area (Å²) >= 11 is 0. The second-order valence-corrected chi connectivity index (χ2v) is 5.79. The minimum atomic E-state index is 0.208. The van der Waals surface area contributed by atoms with Crippen LogP contribution in [-0.2, 0) is 5.41 Å². The molecule has 0 aromatic heterocycles. The van der Waals surface area contributed by atoms with Gasteiger partial charge in [0.25, 0.3) is 0 Å². The van der Waals surface area contributed by atoms with Crippen LogP contribution in [-0.4, -0.2) is 0 Å². The van der Waals surface area contributed by atoms with Crippen molar-refractivity contribution in [2.24, 2.45) is 0 Å². The van der Waals surface area contributed by atoms with E-state index in [1.807, 2.05) is 0 Å². The molecule has 0 saturated carbocycles. The summed E-state index contributed by atoms with van der Waals surface area (Å²) in [5.41, 5.74) is 4.34. The second kappa shape index (κ2) is 3.62. The summed E-state index contributed by atoms with van der Waals surface area (Å²) in [6.07, 6.45) is 0. The number of benzene rings is 2. The highest BCUT2D eigenvalue weighted by atomic mass is 14.2. The molecule has 16 heavy (non-hydrogen) atoms. The highest BCUT2D eigenvalue weighted by molar-refractivity contribution is 5.88. The Morgan fingerprint density at radius 3 is 2.06 bits per heavy atom. The molecule has 0 heterocycles. The smallest absolute Gasteiger partial charge is 0.0126 e. The zero-order valence-corrected chi connectivity index (χ0v) is 10.9. The fourth-order valence-electron chi connectivity index (χ4n) is 2.26. The largest absolute Gasteiger partial charge is 0.0587 e. The predicted molar refractivity (Wildman–Crippen MR) is 72.1 cm³/mol. The van der Waals surface area contributed by atoms with Gasteiger partial charge in [-0.2, -0.15) is 0 Å². The van der Waals surface area contributed by atoms with E-state index in [0.29, 0.717) is 0 Å². The SMILES string of the molecule is Cc1ccc2c(C(C)(C)C)cc(C)cc2c1. The van der Waals surface area contributed by atoms with E-state index < -0.39 is 0 Å². The van der Waals surface area contributed by atoms with E-state index in [4.69, 9.17) is 0 Å². The van der Waals surface area contributed by atoms with Crippen molar-refractivity contribution in [3.05, 3.63) is 47.0 Å². The average molecular weight is 212 g/mol. The molecular weight excluding hydrogens is 192 g/mol. The Morgan fingerprint density at radius 1 is 0.812 bits per heavy atom. The van der Waals surface area contributed by atoms with E-state index in [9.17, 15) is 0 Å². The molecule has 0 unspecified atom stereocenters. The van der Waals surface area contributed by atoms with Crippen molar-refractivity contribution in [2.45, 2.75) is 40.0 Å². The molecule has 0 heteroatoms. The van der Waals surface area contributed by atoms with Gasteiger partial charge in [0.15, 0.2) is 0 Å².